The van der Waals surface area contributed by atoms with Crippen LogP contribution in [0, 0.1) is 13.8 Å². The molecule has 0 fully saturated rings. The molecule has 1 amide bonds. The van der Waals surface area contributed by atoms with E-state index in [0.29, 0.717) is 5.75 Å². The molecule has 0 aliphatic carbocycles. The van der Waals surface area contributed by atoms with Gasteiger partial charge in [-0.15, -0.1) is 0 Å². The SMILES string of the molecule is Cc1ccc(OC(C)C(=O)N/N=C/c2c3ccccc3cc3ccccc23)cc1C. The largest absolute Gasteiger partial charge is 0.481 e. The predicted octanol–water partition coefficient (Wildman–Crippen LogP) is 5.53. The van der Waals surface area contributed by atoms with E-state index in [2.05, 4.69) is 40.9 Å². The van der Waals surface area contributed by atoms with Gasteiger partial charge in [0.1, 0.15) is 5.75 Å². The molecule has 1 N–H and O–H groups in total. The van der Waals surface area contributed by atoms with E-state index in [9.17, 15) is 4.79 Å². The lowest BCUT2D eigenvalue weighted by Gasteiger charge is -2.14. The van der Waals surface area contributed by atoms with Gasteiger partial charge in [0, 0.05) is 5.56 Å². The van der Waals surface area contributed by atoms with E-state index in [1.165, 1.54) is 5.56 Å². The standard InChI is InChI=1S/C26H24N2O2/c1-17-12-13-22(14-18(17)2)30-19(3)26(29)28-27-16-25-23-10-6-4-8-20(23)15-21-9-5-7-11-24(21)25/h4-16,19H,1-3H3,(H,28,29)/b27-16+. The predicted molar refractivity (Wildman–Crippen MR) is 123 cm³/mol. The molecule has 4 nitrogen and oxygen atoms in total. The summed E-state index contributed by atoms with van der Waals surface area (Å²) < 4.78 is 5.77. The zero-order valence-electron chi connectivity index (χ0n) is 17.3. The third kappa shape index (κ3) is 4.03. The average Bonchev–Trinajstić information content (AvgIpc) is 2.75. The first kappa shape index (κ1) is 19.6. The number of amides is 1. The van der Waals surface area contributed by atoms with Gasteiger partial charge in [-0.1, -0.05) is 54.6 Å². The number of hydrogen-bond donors (Lipinski definition) is 1. The van der Waals surface area contributed by atoms with Crippen LogP contribution in [0.15, 0.2) is 77.9 Å². The van der Waals surface area contributed by atoms with Crippen LogP contribution in [0.25, 0.3) is 21.5 Å². The Hall–Kier alpha value is -3.66. The molecule has 0 spiro atoms. The lowest BCUT2D eigenvalue weighted by Crippen LogP contribution is -2.33. The first-order valence-electron chi connectivity index (χ1n) is 10.0. The van der Waals surface area contributed by atoms with E-state index in [1.54, 1.807) is 13.1 Å². The summed E-state index contributed by atoms with van der Waals surface area (Å²) in [5.41, 5.74) is 5.90. The van der Waals surface area contributed by atoms with Crippen LogP contribution in [-0.2, 0) is 4.79 Å². The molecule has 0 saturated heterocycles. The zero-order valence-corrected chi connectivity index (χ0v) is 17.3. The zero-order chi connectivity index (χ0) is 21.1. The van der Waals surface area contributed by atoms with Crippen LogP contribution < -0.4 is 10.2 Å². The lowest BCUT2D eigenvalue weighted by atomic mass is 9.97. The van der Waals surface area contributed by atoms with Crippen LogP contribution >= 0.6 is 0 Å². The summed E-state index contributed by atoms with van der Waals surface area (Å²) in [6, 6.07) is 24.3. The normalized spacial score (nSPS) is 12.4. The summed E-state index contributed by atoms with van der Waals surface area (Å²) in [5.74, 6) is 0.374. The van der Waals surface area contributed by atoms with Crippen molar-refractivity contribution in [2.75, 3.05) is 0 Å². The van der Waals surface area contributed by atoms with Crippen LogP contribution in [0.5, 0.6) is 5.75 Å². The summed E-state index contributed by atoms with van der Waals surface area (Å²) in [7, 11) is 0. The fraction of sp³-hybridized carbons (Fsp3) is 0.154. The molecule has 0 aliphatic rings. The van der Waals surface area contributed by atoms with Gasteiger partial charge in [0.2, 0.25) is 0 Å². The molecule has 0 saturated carbocycles. The van der Waals surface area contributed by atoms with Crippen molar-refractivity contribution in [1.29, 1.82) is 0 Å². The monoisotopic (exact) mass is 396 g/mol. The lowest BCUT2D eigenvalue weighted by molar-refractivity contribution is -0.127. The number of hydrazone groups is 1. The molecule has 150 valence electrons. The number of carbonyl (C=O) groups excluding carboxylic acids is 1. The molecule has 1 unspecified atom stereocenters. The van der Waals surface area contributed by atoms with E-state index in [0.717, 1.165) is 32.7 Å². The van der Waals surface area contributed by atoms with Crippen LogP contribution in [0.4, 0.5) is 0 Å². The Morgan fingerprint density at radius 2 is 1.53 bits per heavy atom. The van der Waals surface area contributed by atoms with Gasteiger partial charge in [-0.05, 0) is 71.6 Å². The summed E-state index contributed by atoms with van der Waals surface area (Å²) >= 11 is 0. The second-order valence-electron chi connectivity index (χ2n) is 7.47. The van der Waals surface area contributed by atoms with Gasteiger partial charge in [0.25, 0.3) is 5.91 Å². The Morgan fingerprint density at radius 1 is 0.900 bits per heavy atom. The number of benzene rings is 4. The maximum Gasteiger partial charge on any atom is 0.280 e. The van der Waals surface area contributed by atoms with Crippen molar-refractivity contribution in [3.8, 4) is 5.75 Å². The Kier molecular flexibility index (Phi) is 5.48. The number of nitrogens with zero attached hydrogens (tertiary/aromatic N) is 1. The Morgan fingerprint density at radius 3 is 2.17 bits per heavy atom. The molecule has 4 aromatic carbocycles. The minimum Gasteiger partial charge on any atom is -0.481 e. The highest BCUT2D eigenvalue weighted by molar-refractivity contribution is 6.13. The molecule has 1 atom stereocenters. The molecule has 4 heteroatoms. The highest BCUT2D eigenvalue weighted by Crippen LogP contribution is 2.27. The number of nitrogens with one attached hydrogen (secondary N) is 1. The van der Waals surface area contributed by atoms with E-state index in [4.69, 9.17) is 4.74 Å². The molecule has 0 aliphatic heterocycles. The van der Waals surface area contributed by atoms with Gasteiger partial charge in [0.05, 0.1) is 6.21 Å². The van der Waals surface area contributed by atoms with Gasteiger partial charge in [-0.3, -0.25) is 4.79 Å². The molecule has 0 heterocycles. The Balaban J connectivity index is 1.54. The summed E-state index contributed by atoms with van der Waals surface area (Å²) in [6.07, 6.45) is 1.05. The second kappa shape index (κ2) is 8.37. The average molecular weight is 396 g/mol. The number of aryl methyl sites for hydroxylation is 2. The number of fused-ring (bicyclic) bond motifs is 2. The third-order valence-corrected chi connectivity index (χ3v) is 5.34. The maximum absolute atomic E-state index is 12.5. The van der Waals surface area contributed by atoms with Crippen LogP contribution in [0.2, 0.25) is 0 Å². The topological polar surface area (TPSA) is 50.7 Å². The number of carbonyl (C=O) groups is 1. The van der Waals surface area contributed by atoms with Crippen LogP contribution in [0.1, 0.15) is 23.6 Å². The Bertz CT molecular complexity index is 1210. The van der Waals surface area contributed by atoms with Crippen molar-refractivity contribution < 1.29 is 9.53 Å². The molecule has 0 bridgehead atoms. The summed E-state index contributed by atoms with van der Waals surface area (Å²) in [6.45, 7) is 5.78. The van der Waals surface area contributed by atoms with Gasteiger partial charge in [0.15, 0.2) is 6.10 Å². The van der Waals surface area contributed by atoms with Gasteiger partial charge in [-0.25, -0.2) is 5.43 Å². The van der Waals surface area contributed by atoms with E-state index < -0.39 is 6.10 Å². The van der Waals surface area contributed by atoms with Crippen molar-refractivity contribution in [2.24, 2.45) is 5.10 Å². The van der Waals surface area contributed by atoms with E-state index in [-0.39, 0.29) is 5.91 Å². The first-order chi connectivity index (χ1) is 14.5. The smallest absolute Gasteiger partial charge is 0.280 e. The van der Waals surface area contributed by atoms with Gasteiger partial charge in [-0.2, -0.15) is 5.10 Å². The van der Waals surface area contributed by atoms with E-state index in [1.807, 2.05) is 56.3 Å². The highest BCUT2D eigenvalue weighted by atomic mass is 16.5. The van der Waals surface area contributed by atoms with Crippen molar-refractivity contribution in [3.05, 3.63) is 89.5 Å². The van der Waals surface area contributed by atoms with Gasteiger partial charge >= 0.3 is 0 Å². The first-order valence-corrected chi connectivity index (χ1v) is 10.0. The summed E-state index contributed by atoms with van der Waals surface area (Å²) in [4.78, 5) is 12.5. The second-order valence-corrected chi connectivity index (χ2v) is 7.47. The summed E-state index contributed by atoms with van der Waals surface area (Å²) in [5, 5.41) is 8.68. The minimum absolute atomic E-state index is 0.297. The molecule has 4 rings (SSSR count). The highest BCUT2D eigenvalue weighted by Gasteiger charge is 2.14. The third-order valence-electron chi connectivity index (χ3n) is 5.34. The van der Waals surface area contributed by atoms with Crippen LogP contribution in [0.3, 0.4) is 0 Å². The van der Waals surface area contributed by atoms with Crippen molar-refractivity contribution in [1.82, 2.24) is 5.43 Å². The molecule has 0 aromatic heterocycles. The van der Waals surface area contributed by atoms with E-state index >= 15 is 0 Å². The number of hydrogen-bond acceptors (Lipinski definition) is 3. The van der Waals surface area contributed by atoms with Gasteiger partial charge < -0.3 is 4.74 Å². The molecular weight excluding hydrogens is 372 g/mol. The maximum atomic E-state index is 12.5. The van der Waals surface area contributed by atoms with Crippen molar-refractivity contribution in [3.63, 3.8) is 0 Å². The molecular formula is C26H24N2O2. The van der Waals surface area contributed by atoms with Crippen molar-refractivity contribution in [2.45, 2.75) is 26.9 Å². The number of ether oxygens (including phenoxy) is 1. The molecule has 0 radical (unpaired) electrons. The Labute approximate surface area is 176 Å². The number of rotatable bonds is 5. The molecule has 4 aromatic rings. The minimum atomic E-state index is -0.659. The fourth-order valence-corrected chi connectivity index (χ4v) is 3.48. The quantitative estimate of drug-likeness (QED) is 0.274. The van der Waals surface area contributed by atoms with Crippen molar-refractivity contribution >= 4 is 33.7 Å². The molecule has 30 heavy (non-hydrogen) atoms. The fourth-order valence-electron chi connectivity index (χ4n) is 3.48. The van der Waals surface area contributed by atoms with Crippen LogP contribution in [-0.4, -0.2) is 18.2 Å².